The molecular weight excluding hydrogens is 162 g/mol. The van der Waals surface area contributed by atoms with Gasteiger partial charge in [0.25, 0.3) is 0 Å². The molecule has 0 aromatic rings. The number of hydrogen-bond acceptors (Lipinski definition) is 2. The zero-order chi connectivity index (χ0) is 9.68. The quantitative estimate of drug-likeness (QED) is 0.683. The van der Waals surface area contributed by atoms with Gasteiger partial charge in [-0.3, -0.25) is 0 Å². The van der Waals surface area contributed by atoms with Crippen molar-refractivity contribution in [3.8, 4) is 0 Å². The van der Waals surface area contributed by atoms with Crippen molar-refractivity contribution in [3.63, 3.8) is 0 Å². The smallest absolute Gasteiger partial charge is 0.0443 e. The number of aliphatic hydroxyl groups is 1. The number of nitrogens with zero attached hydrogens (tertiary/aromatic N) is 1. The Morgan fingerprint density at radius 3 is 2.62 bits per heavy atom. The summed E-state index contributed by atoms with van der Waals surface area (Å²) in [6.45, 7) is 3.65. The molecule has 1 saturated carbocycles. The second-order valence-electron chi connectivity index (χ2n) is 4.25. The van der Waals surface area contributed by atoms with Gasteiger partial charge >= 0.3 is 0 Å². The highest BCUT2D eigenvalue weighted by molar-refractivity contribution is 4.87. The van der Waals surface area contributed by atoms with Gasteiger partial charge in [0.2, 0.25) is 0 Å². The van der Waals surface area contributed by atoms with Crippen LogP contribution in [-0.2, 0) is 0 Å². The molecule has 0 bridgehead atoms. The Bertz CT molecular complexity index is 138. The fourth-order valence-electron chi connectivity index (χ4n) is 2.33. The standard InChI is InChI=1S/C11H23NO/c1-3-5-10-6-7-11(10)12(2)8-4-9-13/h10-11,13H,3-9H2,1-2H3. The van der Waals surface area contributed by atoms with E-state index >= 15 is 0 Å². The van der Waals surface area contributed by atoms with Gasteiger partial charge in [0.05, 0.1) is 0 Å². The highest BCUT2D eigenvalue weighted by Crippen LogP contribution is 2.34. The molecule has 0 heterocycles. The van der Waals surface area contributed by atoms with E-state index in [-0.39, 0.29) is 0 Å². The first-order valence-corrected chi connectivity index (χ1v) is 5.60. The van der Waals surface area contributed by atoms with Gasteiger partial charge in [0, 0.05) is 19.2 Å². The summed E-state index contributed by atoms with van der Waals surface area (Å²) in [5.41, 5.74) is 0. The predicted octanol–water partition coefficient (Wildman–Crippen LogP) is 1.88. The monoisotopic (exact) mass is 185 g/mol. The van der Waals surface area contributed by atoms with E-state index in [1.807, 2.05) is 0 Å². The van der Waals surface area contributed by atoms with E-state index in [2.05, 4.69) is 18.9 Å². The van der Waals surface area contributed by atoms with E-state index in [9.17, 15) is 0 Å². The fourth-order valence-corrected chi connectivity index (χ4v) is 2.33. The van der Waals surface area contributed by atoms with Crippen molar-refractivity contribution in [2.45, 2.75) is 45.1 Å². The van der Waals surface area contributed by atoms with Crippen molar-refractivity contribution in [3.05, 3.63) is 0 Å². The second kappa shape index (κ2) is 5.61. The first kappa shape index (κ1) is 11.0. The summed E-state index contributed by atoms with van der Waals surface area (Å²) < 4.78 is 0. The Balaban J connectivity index is 2.18. The third-order valence-corrected chi connectivity index (χ3v) is 3.27. The van der Waals surface area contributed by atoms with Gasteiger partial charge in [0.1, 0.15) is 0 Å². The molecule has 1 rings (SSSR count). The summed E-state index contributed by atoms with van der Waals surface area (Å²) in [6, 6.07) is 0.812. The Hall–Kier alpha value is -0.0800. The van der Waals surface area contributed by atoms with Crippen molar-refractivity contribution < 1.29 is 5.11 Å². The molecule has 13 heavy (non-hydrogen) atoms. The minimum Gasteiger partial charge on any atom is -0.396 e. The predicted molar refractivity (Wildman–Crippen MR) is 55.8 cm³/mol. The van der Waals surface area contributed by atoms with Gasteiger partial charge in [-0.05, 0) is 38.6 Å². The van der Waals surface area contributed by atoms with Gasteiger partial charge < -0.3 is 10.0 Å². The molecule has 0 spiro atoms. The molecule has 0 saturated heterocycles. The lowest BCUT2D eigenvalue weighted by atomic mass is 9.76. The molecule has 0 radical (unpaired) electrons. The van der Waals surface area contributed by atoms with Crippen LogP contribution in [0.3, 0.4) is 0 Å². The third-order valence-electron chi connectivity index (χ3n) is 3.27. The maximum Gasteiger partial charge on any atom is 0.0443 e. The minimum atomic E-state index is 0.329. The van der Waals surface area contributed by atoms with Crippen molar-refractivity contribution in [1.82, 2.24) is 4.90 Å². The number of aliphatic hydroxyl groups excluding tert-OH is 1. The van der Waals surface area contributed by atoms with Gasteiger partial charge in [-0.1, -0.05) is 13.3 Å². The molecule has 1 aliphatic carbocycles. The molecule has 2 nitrogen and oxygen atoms in total. The van der Waals surface area contributed by atoms with E-state index in [1.54, 1.807) is 0 Å². The zero-order valence-electron chi connectivity index (χ0n) is 9.00. The minimum absolute atomic E-state index is 0.329. The Kier molecular flexibility index (Phi) is 4.74. The topological polar surface area (TPSA) is 23.5 Å². The lowest BCUT2D eigenvalue weighted by Crippen LogP contribution is -2.45. The highest BCUT2D eigenvalue weighted by Gasteiger charge is 2.32. The van der Waals surface area contributed by atoms with Crippen LogP contribution in [0, 0.1) is 5.92 Å². The second-order valence-corrected chi connectivity index (χ2v) is 4.25. The van der Waals surface area contributed by atoms with Crippen LogP contribution in [0.15, 0.2) is 0 Å². The third kappa shape index (κ3) is 2.96. The molecule has 0 aromatic carbocycles. The fraction of sp³-hybridized carbons (Fsp3) is 1.00. The Labute approximate surface area is 81.9 Å². The molecule has 78 valence electrons. The van der Waals surface area contributed by atoms with Crippen LogP contribution in [0.2, 0.25) is 0 Å². The van der Waals surface area contributed by atoms with Crippen LogP contribution in [0.1, 0.15) is 39.0 Å². The first-order chi connectivity index (χ1) is 6.29. The van der Waals surface area contributed by atoms with E-state index in [0.29, 0.717) is 6.61 Å². The van der Waals surface area contributed by atoms with Crippen LogP contribution >= 0.6 is 0 Å². The highest BCUT2D eigenvalue weighted by atomic mass is 16.3. The number of hydrogen-bond donors (Lipinski definition) is 1. The SMILES string of the molecule is CCCC1CCC1N(C)CCCO. The lowest BCUT2D eigenvalue weighted by Gasteiger charge is -2.43. The average molecular weight is 185 g/mol. The Morgan fingerprint density at radius 1 is 1.38 bits per heavy atom. The van der Waals surface area contributed by atoms with Crippen molar-refractivity contribution in [2.24, 2.45) is 5.92 Å². The van der Waals surface area contributed by atoms with E-state index < -0.39 is 0 Å². The van der Waals surface area contributed by atoms with E-state index in [0.717, 1.165) is 24.9 Å². The van der Waals surface area contributed by atoms with Crippen molar-refractivity contribution in [2.75, 3.05) is 20.2 Å². The maximum absolute atomic E-state index is 8.73. The normalized spacial score (nSPS) is 27.7. The van der Waals surface area contributed by atoms with Gasteiger partial charge in [-0.2, -0.15) is 0 Å². The zero-order valence-corrected chi connectivity index (χ0v) is 9.00. The Morgan fingerprint density at radius 2 is 2.15 bits per heavy atom. The summed E-state index contributed by atoms with van der Waals surface area (Å²) in [6.07, 6.45) is 6.41. The summed E-state index contributed by atoms with van der Waals surface area (Å²) >= 11 is 0. The van der Waals surface area contributed by atoms with Crippen LogP contribution in [0.5, 0.6) is 0 Å². The first-order valence-electron chi connectivity index (χ1n) is 5.60. The van der Waals surface area contributed by atoms with E-state index in [4.69, 9.17) is 5.11 Å². The summed E-state index contributed by atoms with van der Waals surface area (Å²) in [7, 11) is 2.20. The van der Waals surface area contributed by atoms with Gasteiger partial charge in [-0.15, -0.1) is 0 Å². The summed E-state index contributed by atoms with van der Waals surface area (Å²) in [4.78, 5) is 2.43. The number of rotatable bonds is 6. The van der Waals surface area contributed by atoms with Crippen LogP contribution < -0.4 is 0 Å². The van der Waals surface area contributed by atoms with Crippen LogP contribution in [0.25, 0.3) is 0 Å². The van der Waals surface area contributed by atoms with Gasteiger partial charge in [0.15, 0.2) is 0 Å². The maximum atomic E-state index is 8.73. The molecule has 0 amide bonds. The summed E-state index contributed by atoms with van der Waals surface area (Å²) in [5.74, 6) is 0.939. The molecule has 0 aliphatic heterocycles. The van der Waals surface area contributed by atoms with Crippen LogP contribution in [-0.4, -0.2) is 36.2 Å². The average Bonchev–Trinajstić information content (AvgIpc) is 2.09. The molecule has 0 aromatic heterocycles. The molecule has 2 atom stereocenters. The van der Waals surface area contributed by atoms with Crippen LogP contribution in [0.4, 0.5) is 0 Å². The molecule has 1 fully saturated rings. The van der Waals surface area contributed by atoms with Crippen molar-refractivity contribution >= 4 is 0 Å². The van der Waals surface area contributed by atoms with Gasteiger partial charge in [-0.25, -0.2) is 0 Å². The summed E-state index contributed by atoms with van der Waals surface area (Å²) in [5, 5.41) is 8.73. The molecule has 1 aliphatic rings. The molecule has 1 N–H and O–H groups in total. The molecule has 2 heteroatoms. The molecule has 2 unspecified atom stereocenters. The largest absolute Gasteiger partial charge is 0.396 e. The van der Waals surface area contributed by atoms with Crippen molar-refractivity contribution in [1.29, 1.82) is 0 Å². The lowest BCUT2D eigenvalue weighted by molar-refractivity contribution is 0.0728. The molecular formula is C11H23NO. The van der Waals surface area contributed by atoms with E-state index in [1.165, 1.54) is 25.7 Å².